The van der Waals surface area contributed by atoms with Crippen LogP contribution in [0.25, 0.3) is 22.6 Å². The van der Waals surface area contributed by atoms with Crippen LogP contribution in [0, 0.1) is 11.6 Å². The summed E-state index contributed by atoms with van der Waals surface area (Å²) in [6.45, 7) is -0.374. The maximum atomic E-state index is 13.9. The monoisotopic (exact) mass is 365 g/mol. The number of hydrogen-bond donors (Lipinski definition) is 1. The molecule has 0 aliphatic rings. The van der Waals surface area contributed by atoms with Crippen molar-refractivity contribution in [3.63, 3.8) is 0 Å². The van der Waals surface area contributed by atoms with Crippen molar-refractivity contribution in [3.05, 3.63) is 64.1 Å². The first-order valence-electron chi connectivity index (χ1n) is 6.41. The van der Waals surface area contributed by atoms with Crippen LogP contribution in [0.4, 0.5) is 8.78 Å². The third kappa shape index (κ3) is 2.67. The summed E-state index contributed by atoms with van der Waals surface area (Å²) in [7, 11) is 0. The molecule has 0 radical (unpaired) electrons. The zero-order valence-electron chi connectivity index (χ0n) is 11.2. The Labute approximate surface area is 133 Å². The molecule has 3 rings (SSSR count). The fourth-order valence-electron chi connectivity index (χ4n) is 2.18. The molecule has 22 heavy (non-hydrogen) atoms. The molecule has 1 aromatic heterocycles. The van der Waals surface area contributed by atoms with Crippen LogP contribution >= 0.6 is 15.9 Å². The molecule has 112 valence electrons. The van der Waals surface area contributed by atoms with Crippen LogP contribution in [0.15, 0.2) is 51.5 Å². The van der Waals surface area contributed by atoms with E-state index in [2.05, 4.69) is 21.1 Å². The fraction of sp³-hybridized carbons (Fsp3) is 0.0625. The van der Waals surface area contributed by atoms with E-state index >= 15 is 0 Å². The molecule has 0 unspecified atom stereocenters. The third-order valence-electron chi connectivity index (χ3n) is 3.24. The minimum atomic E-state index is -0.770. The van der Waals surface area contributed by atoms with Gasteiger partial charge in [-0.1, -0.05) is 33.2 Å². The van der Waals surface area contributed by atoms with Gasteiger partial charge in [-0.15, -0.1) is 0 Å². The van der Waals surface area contributed by atoms with Gasteiger partial charge in [0.2, 0.25) is 0 Å². The van der Waals surface area contributed by atoms with Crippen LogP contribution in [-0.2, 0) is 6.61 Å². The van der Waals surface area contributed by atoms with Gasteiger partial charge < -0.3 is 9.63 Å². The van der Waals surface area contributed by atoms with Crippen molar-refractivity contribution in [2.45, 2.75) is 6.61 Å². The summed E-state index contributed by atoms with van der Waals surface area (Å²) in [6, 6.07) is 10.4. The Hall–Kier alpha value is -2.05. The molecule has 0 aliphatic heterocycles. The van der Waals surface area contributed by atoms with E-state index in [4.69, 9.17) is 4.52 Å². The molecule has 2 aromatic carbocycles. The molecule has 3 nitrogen and oxygen atoms in total. The van der Waals surface area contributed by atoms with Gasteiger partial charge in [-0.25, -0.2) is 8.78 Å². The molecular weight excluding hydrogens is 356 g/mol. The van der Waals surface area contributed by atoms with Crippen molar-refractivity contribution in [3.8, 4) is 22.6 Å². The van der Waals surface area contributed by atoms with Gasteiger partial charge in [0.25, 0.3) is 0 Å². The summed E-state index contributed by atoms with van der Waals surface area (Å²) in [5.41, 5.74) is 1.56. The molecule has 1 heterocycles. The third-order valence-corrected chi connectivity index (χ3v) is 3.77. The van der Waals surface area contributed by atoms with E-state index in [1.807, 2.05) is 12.1 Å². The van der Waals surface area contributed by atoms with Crippen molar-refractivity contribution in [1.29, 1.82) is 0 Å². The van der Waals surface area contributed by atoms with Crippen LogP contribution in [0.1, 0.15) is 5.56 Å². The minimum Gasteiger partial charge on any atom is -0.391 e. The van der Waals surface area contributed by atoms with Crippen LogP contribution in [0.5, 0.6) is 0 Å². The summed E-state index contributed by atoms with van der Waals surface area (Å²) in [4.78, 5) is 0. The zero-order valence-corrected chi connectivity index (χ0v) is 12.8. The second-order valence-electron chi connectivity index (χ2n) is 4.63. The molecule has 3 aromatic rings. The quantitative estimate of drug-likeness (QED) is 0.740. The number of aliphatic hydroxyl groups excluding tert-OH is 1. The standard InChI is InChI=1S/C16H10BrF2NO2/c17-10-3-1-9(2-4-10)15-13(8-21)16(22-20-15)12-6-5-11(18)7-14(12)19/h1-7,21H,8H2. The van der Waals surface area contributed by atoms with E-state index in [0.717, 1.165) is 22.2 Å². The summed E-state index contributed by atoms with van der Waals surface area (Å²) in [5, 5.41) is 13.5. The van der Waals surface area contributed by atoms with E-state index in [9.17, 15) is 13.9 Å². The molecule has 0 saturated carbocycles. The second kappa shape index (κ2) is 5.98. The molecule has 0 saturated heterocycles. The Balaban J connectivity index is 2.13. The van der Waals surface area contributed by atoms with Crippen LogP contribution in [0.2, 0.25) is 0 Å². The topological polar surface area (TPSA) is 46.3 Å². The number of benzene rings is 2. The van der Waals surface area contributed by atoms with Crippen molar-refractivity contribution < 1.29 is 18.4 Å². The van der Waals surface area contributed by atoms with Crippen LogP contribution < -0.4 is 0 Å². The predicted octanol–water partition coefficient (Wildman–Crippen LogP) is 4.54. The van der Waals surface area contributed by atoms with E-state index in [-0.39, 0.29) is 17.9 Å². The molecule has 0 bridgehead atoms. The Kier molecular flexibility index (Phi) is 4.04. The second-order valence-corrected chi connectivity index (χ2v) is 5.54. The minimum absolute atomic E-state index is 0.0568. The Morgan fingerprint density at radius 1 is 1.09 bits per heavy atom. The molecule has 0 atom stereocenters. The number of hydrogen-bond acceptors (Lipinski definition) is 3. The first-order chi connectivity index (χ1) is 10.6. The van der Waals surface area contributed by atoms with Gasteiger partial charge >= 0.3 is 0 Å². The molecule has 6 heteroatoms. The van der Waals surface area contributed by atoms with Crippen molar-refractivity contribution in [2.24, 2.45) is 0 Å². The molecule has 0 amide bonds. The summed E-state index contributed by atoms with van der Waals surface area (Å²) >= 11 is 3.33. The number of aliphatic hydroxyl groups is 1. The lowest BCUT2D eigenvalue weighted by Gasteiger charge is -2.03. The molecule has 0 aliphatic carbocycles. The zero-order chi connectivity index (χ0) is 15.7. The number of rotatable bonds is 3. The van der Waals surface area contributed by atoms with Gasteiger partial charge in [0.05, 0.1) is 17.7 Å². The molecular formula is C16H10BrF2NO2. The average Bonchev–Trinajstić information content (AvgIpc) is 2.91. The SMILES string of the molecule is OCc1c(-c2ccc(Br)cc2)noc1-c1ccc(F)cc1F. The summed E-state index contributed by atoms with van der Waals surface area (Å²) in [5.74, 6) is -1.36. The van der Waals surface area contributed by atoms with E-state index < -0.39 is 11.6 Å². The van der Waals surface area contributed by atoms with E-state index in [1.54, 1.807) is 12.1 Å². The van der Waals surface area contributed by atoms with E-state index in [0.29, 0.717) is 11.3 Å². The van der Waals surface area contributed by atoms with Gasteiger partial charge in [-0.2, -0.15) is 0 Å². The summed E-state index contributed by atoms with van der Waals surface area (Å²) < 4.78 is 33.0. The van der Waals surface area contributed by atoms with Gasteiger partial charge in [0, 0.05) is 16.1 Å². The van der Waals surface area contributed by atoms with Crippen molar-refractivity contribution >= 4 is 15.9 Å². The Morgan fingerprint density at radius 2 is 1.82 bits per heavy atom. The molecule has 1 N–H and O–H groups in total. The first-order valence-corrected chi connectivity index (χ1v) is 7.20. The smallest absolute Gasteiger partial charge is 0.175 e. The summed E-state index contributed by atoms with van der Waals surface area (Å²) in [6.07, 6.45) is 0. The van der Waals surface area contributed by atoms with Crippen molar-refractivity contribution in [2.75, 3.05) is 0 Å². The van der Waals surface area contributed by atoms with Gasteiger partial charge in [0.1, 0.15) is 17.3 Å². The molecule has 0 spiro atoms. The highest BCUT2D eigenvalue weighted by atomic mass is 79.9. The van der Waals surface area contributed by atoms with Crippen LogP contribution in [-0.4, -0.2) is 10.3 Å². The Bertz CT molecular complexity index is 816. The van der Waals surface area contributed by atoms with E-state index in [1.165, 1.54) is 6.07 Å². The predicted molar refractivity (Wildman–Crippen MR) is 80.9 cm³/mol. The van der Waals surface area contributed by atoms with Gasteiger partial charge in [-0.05, 0) is 24.3 Å². The highest BCUT2D eigenvalue weighted by molar-refractivity contribution is 9.10. The maximum Gasteiger partial charge on any atom is 0.175 e. The fourth-order valence-corrected chi connectivity index (χ4v) is 2.44. The maximum absolute atomic E-state index is 13.9. The van der Waals surface area contributed by atoms with Crippen LogP contribution in [0.3, 0.4) is 0 Å². The normalized spacial score (nSPS) is 10.9. The van der Waals surface area contributed by atoms with Crippen molar-refractivity contribution in [1.82, 2.24) is 5.16 Å². The largest absolute Gasteiger partial charge is 0.391 e. The van der Waals surface area contributed by atoms with Gasteiger partial charge in [-0.3, -0.25) is 0 Å². The highest BCUT2D eigenvalue weighted by Crippen LogP contribution is 2.34. The van der Waals surface area contributed by atoms with Gasteiger partial charge in [0.15, 0.2) is 5.76 Å². The average molecular weight is 366 g/mol. The lowest BCUT2D eigenvalue weighted by molar-refractivity contribution is 0.281. The number of aromatic nitrogens is 1. The lowest BCUT2D eigenvalue weighted by atomic mass is 10.0. The highest BCUT2D eigenvalue weighted by Gasteiger charge is 2.21. The Morgan fingerprint density at radius 3 is 2.45 bits per heavy atom. The first kappa shape index (κ1) is 14.9. The number of halogens is 3. The molecule has 0 fully saturated rings. The number of nitrogens with zero attached hydrogens (tertiary/aromatic N) is 1. The lowest BCUT2D eigenvalue weighted by Crippen LogP contribution is -1.91.